The van der Waals surface area contributed by atoms with Gasteiger partial charge in [-0.05, 0) is 26.0 Å². The predicted octanol–water partition coefficient (Wildman–Crippen LogP) is 0.173. The number of aryl methyl sites for hydroxylation is 1. The number of nitrogens with one attached hydrogen (secondary N) is 2. The van der Waals surface area contributed by atoms with Crippen LogP contribution in [-0.2, 0) is 14.3 Å². The lowest BCUT2D eigenvalue weighted by molar-refractivity contribution is -0.148. The molecular weight excluding hydrogens is 350 g/mol. The molecule has 142 valence electrons. The molecule has 1 saturated heterocycles. The quantitative estimate of drug-likeness (QED) is 0.455. The van der Waals surface area contributed by atoms with Gasteiger partial charge >= 0.3 is 11.8 Å². The van der Waals surface area contributed by atoms with E-state index in [1.54, 1.807) is 26.0 Å². The van der Waals surface area contributed by atoms with Crippen molar-refractivity contribution in [3.05, 3.63) is 51.9 Å². The number of para-hydroxylation sites is 1. The molecule has 9 heteroatoms. The Morgan fingerprint density at radius 3 is 2.52 bits per heavy atom. The Kier molecular flexibility index (Phi) is 5.51. The van der Waals surface area contributed by atoms with Gasteiger partial charge in [0.1, 0.15) is 0 Å². The first-order valence-electron chi connectivity index (χ1n) is 8.57. The summed E-state index contributed by atoms with van der Waals surface area (Å²) in [6, 6.07) is 9.12. The fourth-order valence-electron chi connectivity index (χ4n) is 2.88. The highest BCUT2D eigenvalue weighted by atomic mass is 16.5. The summed E-state index contributed by atoms with van der Waals surface area (Å²) in [6.07, 6.45) is 0. The zero-order valence-electron chi connectivity index (χ0n) is 15.2. The number of benzene rings is 1. The Morgan fingerprint density at radius 2 is 1.85 bits per heavy atom. The van der Waals surface area contributed by atoms with Gasteiger partial charge in [0.25, 0.3) is 5.56 Å². The van der Waals surface area contributed by atoms with Gasteiger partial charge in [0, 0.05) is 18.8 Å². The van der Waals surface area contributed by atoms with Crippen LogP contribution in [0.15, 0.2) is 40.2 Å². The SMILES string of the molecule is C/C(=N/NC(=O)C(=O)N1CCOCC1)c1c(C)[nH]n(-c2ccccc2)c1=O. The maximum absolute atomic E-state index is 12.7. The van der Waals surface area contributed by atoms with Crippen LogP contribution >= 0.6 is 0 Å². The zero-order valence-corrected chi connectivity index (χ0v) is 15.2. The number of ether oxygens (including phenoxy) is 1. The normalized spacial score (nSPS) is 14.9. The number of morpholine rings is 1. The number of hydrogen-bond acceptors (Lipinski definition) is 5. The van der Waals surface area contributed by atoms with Gasteiger partial charge in [-0.25, -0.2) is 10.1 Å². The van der Waals surface area contributed by atoms with Crippen molar-refractivity contribution in [2.45, 2.75) is 13.8 Å². The molecule has 2 heterocycles. The molecule has 0 bridgehead atoms. The van der Waals surface area contributed by atoms with Gasteiger partial charge in [0.05, 0.1) is 30.2 Å². The van der Waals surface area contributed by atoms with Gasteiger partial charge in [-0.15, -0.1) is 0 Å². The van der Waals surface area contributed by atoms with Crippen molar-refractivity contribution >= 4 is 17.5 Å². The molecule has 2 aromatic rings. The highest BCUT2D eigenvalue weighted by Gasteiger charge is 2.23. The lowest BCUT2D eigenvalue weighted by atomic mass is 10.2. The van der Waals surface area contributed by atoms with Crippen molar-refractivity contribution in [2.75, 3.05) is 26.3 Å². The van der Waals surface area contributed by atoms with Gasteiger partial charge in [0.2, 0.25) is 0 Å². The molecule has 1 aromatic heterocycles. The minimum Gasteiger partial charge on any atom is -0.378 e. The molecule has 3 rings (SSSR count). The number of H-pyrrole nitrogens is 1. The van der Waals surface area contributed by atoms with Crippen LogP contribution < -0.4 is 11.0 Å². The minimum atomic E-state index is -0.840. The Morgan fingerprint density at radius 1 is 1.19 bits per heavy atom. The number of carbonyl (C=O) groups is 2. The van der Waals surface area contributed by atoms with Crippen LogP contribution in [0.1, 0.15) is 18.2 Å². The second-order valence-corrected chi connectivity index (χ2v) is 6.13. The molecule has 1 aliphatic rings. The standard InChI is InChI=1S/C18H21N5O4/c1-12(19-20-16(24)18(26)22-8-10-27-11-9-22)15-13(2)21-23(17(15)25)14-6-4-3-5-7-14/h3-7,21H,8-11H2,1-2H3,(H,20,24)/b19-12-. The van der Waals surface area contributed by atoms with E-state index in [0.717, 1.165) is 0 Å². The van der Waals surface area contributed by atoms with Gasteiger partial charge < -0.3 is 9.64 Å². The van der Waals surface area contributed by atoms with E-state index < -0.39 is 11.8 Å². The van der Waals surface area contributed by atoms with Crippen molar-refractivity contribution in [1.82, 2.24) is 20.1 Å². The van der Waals surface area contributed by atoms with E-state index in [0.29, 0.717) is 49.0 Å². The first-order valence-corrected chi connectivity index (χ1v) is 8.57. The van der Waals surface area contributed by atoms with Crippen LogP contribution in [0, 0.1) is 6.92 Å². The molecule has 9 nitrogen and oxygen atoms in total. The number of carbonyl (C=O) groups excluding carboxylic acids is 2. The molecule has 0 spiro atoms. The molecule has 27 heavy (non-hydrogen) atoms. The number of nitrogens with zero attached hydrogens (tertiary/aromatic N) is 3. The molecule has 0 radical (unpaired) electrons. The third-order valence-electron chi connectivity index (χ3n) is 4.27. The number of aromatic amines is 1. The van der Waals surface area contributed by atoms with Gasteiger partial charge in [-0.2, -0.15) is 5.10 Å². The third kappa shape index (κ3) is 3.98. The monoisotopic (exact) mass is 371 g/mol. The summed E-state index contributed by atoms with van der Waals surface area (Å²) in [5.41, 5.74) is 3.91. The highest BCUT2D eigenvalue weighted by Crippen LogP contribution is 2.07. The summed E-state index contributed by atoms with van der Waals surface area (Å²) in [6.45, 7) is 4.90. The van der Waals surface area contributed by atoms with Gasteiger partial charge in [-0.1, -0.05) is 18.2 Å². The van der Waals surface area contributed by atoms with E-state index in [2.05, 4.69) is 15.6 Å². The third-order valence-corrected chi connectivity index (χ3v) is 4.27. The Balaban J connectivity index is 1.76. The number of hydrogen-bond donors (Lipinski definition) is 2. The summed E-state index contributed by atoms with van der Waals surface area (Å²) in [7, 11) is 0. The average molecular weight is 371 g/mol. The molecule has 0 atom stereocenters. The Labute approximate surface area is 155 Å². The smallest absolute Gasteiger partial charge is 0.329 e. The molecule has 0 aliphatic carbocycles. The summed E-state index contributed by atoms with van der Waals surface area (Å²) >= 11 is 0. The fourth-order valence-corrected chi connectivity index (χ4v) is 2.88. The molecule has 0 saturated carbocycles. The van der Waals surface area contributed by atoms with Crippen LogP contribution in [0.3, 0.4) is 0 Å². The number of hydrazone groups is 1. The molecule has 1 aliphatic heterocycles. The number of rotatable bonds is 3. The second kappa shape index (κ2) is 8.00. The number of amides is 2. The molecular formula is C18H21N5O4. The minimum absolute atomic E-state index is 0.284. The van der Waals surface area contributed by atoms with Crippen molar-refractivity contribution in [3.8, 4) is 5.69 Å². The van der Waals surface area contributed by atoms with E-state index in [4.69, 9.17) is 4.74 Å². The van der Waals surface area contributed by atoms with E-state index >= 15 is 0 Å². The first-order chi connectivity index (χ1) is 13.0. The molecule has 0 unspecified atom stereocenters. The van der Waals surface area contributed by atoms with Gasteiger partial charge in [0.15, 0.2) is 0 Å². The van der Waals surface area contributed by atoms with Crippen molar-refractivity contribution in [2.24, 2.45) is 5.10 Å². The fraction of sp³-hybridized carbons (Fsp3) is 0.333. The van der Waals surface area contributed by atoms with E-state index in [1.807, 2.05) is 18.2 Å². The maximum atomic E-state index is 12.7. The summed E-state index contributed by atoms with van der Waals surface area (Å²) in [5, 5.41) is 6.94. The lowest BCUT2D eigenvalue weighted by Gasteiger charge is -2.25. The van der Waals surface area contributed by atoms with Crippen LogP contribution in [0.2, 0.25) is 0 Å². The zero-order chi connectivity index (χ0) is 19.4. The number of aromatic nitrogens is 2. The van der Waals surface area contributed by atoms with E-state index in [9.17, 15) is 14.4 Å². The summed E-state index contributed by atoms with van der Waals surface area (Å²) < 4.78 is 6.56. The van der Waals surface area contributed by atoms with Crippen LogP contribution in [0.25, 0.3) is 5.69 Å². The second-order valence-electron chi connectivity index (χ2n) is 6.13. The highest BCUT2D eigenvalue weighted by molar-refractivity contribution is 6.35. The largest absolute Gasteiger partial charge is 0.378 e. The Bertz CT molecular complexity index is 923. The first kappa shape index (κ1) is 18.6. The predicted molar refractivity (Wildman–Crippen MR) is 98.9 cm³/mol. The molecule has 1 aromatic carbocycles. The molecule has 1 fully saturated rings. The van der Waals surface area contributed by atoms with Crippen LogP contribution in [0.4, 0.5) is 0 Å². The van der Waals surface area contributed by atoms with Gasteiger partial charge in [-0.3, -0.25) is 19.5 Å². The molecule has 2 amide bonds. The van der Waals surface area contributed by atoms with Crippen molar-refractivity contribution in [3.63, 3.8) is 0 Å². The van der Waals surface area contributed by atoms with Crippen molar-refractivity contribution in [1.29, 1.82) is 0 Å². The average Bonchev–Trinajstić information content (AvgIpc) is 3.00. The van der Waals surface area contributed by atoms with Crippen molar-refractivity contribution < 1.29 is 14.3 Å². The van der Waals surface area contributed by atoms with E-state index in [1.165, 1.54) is 9.58 Å². The maximum Gasteiger partial charge on any atom is 0.329 e. The molecule has 2 N–H and O–H groups in total. The van der Waals surface area contributed by atoms with Crippen LogP contribution in [-0.4, -0.2) is 58.5 Å². The lowest BCUT2D eigenvalue weighted by Crippen LogP contribution is -2.47. The summed E-state index contributed by atoms with van der Waals surface area (Å²) in [4.78, 5) is 38.2. The van der Waals surface area contributed by atoms with E-state index in [-0.39, 0.29) is 5.56 Å². The topological polar surface area (TPSA) is 109 Å². The van der Waals surface area contributed by atoms with Crippen LogP contribution in [0.5, 0.6) is 0 Å². The summed E-state index contributed by atoms with van der Waals surface area (Å²) in [5.74, 6) is -1.50. The Hall–Kier alpha value is -3.20.